The van der Waals surface area contributed by atoms with Gasteiger partial charge in [-0.25, -0.2) is 0 Å². The van der Waals surface area contributed by atoms with E-state index < -0.39 is 5.97 Å². The zero-order valence-corrected chi connectivity index (χ0v) is 8.44. The summed E-state index contributed by atoms with van der Waals surface area (Å²) in [5, 5.41) is 17.4. The fourth-order valence-corrected chi connectivity index (χ4v) is 2.03. The summed E-state index contributed by atoms with van der Waals surface area (Å²) in [7, 11) is 0. The number of rotatable bonds is 3. The Hall–Kier alpha value is -1.08. The zero-order valence-electron chi connectivity index (χ0n) is 8.44. The highest BCUT2D eigenvalue weighted by Gasteiger charge is 2.28. The van der Waals surface area contributed by atoms with Crippen molar-refractivity contribution in [3.63, 3.8) is 0 Å². The molecule has 1 aliphatic rings. The second-order valence-electron chi connectivity index (χ2n) is 4.04. The fraction of sp³-hybridized carbons (Fsp3) is 0.800. The molecule has 0 radical (unpaired) electrons. The van der Waals surface area contributed by atoms with Gasteiger partial charge in [0.1, 0.15) is 0 Å². The Balaban J connectivity index is 2.46. The highest BCUT2D eigenvalue weighted by molar-refractivity contribution is 5.70. The first-order chi connectivity index (χ1) is 6.63. The van der Waals surface area contributed by atoms with Crippen LogP contribution in [0.5, 0.6) is 0 Å². The first-order valence-corrected chi connectivity index (χ1v) is 4.95. The summed E-state index contributed by atoms with van der Waals surface area (Å²) in [6.45, 7) is 4.28. The molecule has 14 heavy (non-hydrogen) atoms. The third kappa shape index (κ3) is 3.00. The average molecular weight is 196 g/mol. The number of carboxylic acids is 1. The van der Waals surface area contributed by atoms with Crippen molar-refractivity contribution < 1.29 is 9.90 Å². The quantitative estimate of drug-likeness (QED) is 0.729. The highest BCUT2D eigenvalue weighted by atomic mass is 16.4. The van der Waals surface area contributed by atoms with Crippen LogP contribution in [0.2, 0.25) is 0 Å². The maximum atomic E-state index is 10.8. The molecule has 0 aromatic carbocycles. The molecule has 0 aliphatic carbocycles. The molecule has 0 aromatic rings. The van der Waals surface area contributed by atoms with Gasteiger partial charge in [0.15, 0.2) is 0 Å². The summed E-state index contributed by atoms with van der Waals surface area (Å²) in [6.07, 6.45) is 1.25. The number of carboxylic acid groups (broad SMARTS) is 1. The van der Waals surface area contributed by atoms with Gasteiger partial charge in [0.2, 0.25) is 0 Å². The SMILES string of the molecule is CC1CC(C(=O)O)CN(CCC#N)C1. The Morgan fingerprint density at radius 1 is 1.64 bits per heavy atom. The lowest BCUT2D eigenvalue weighted by atomic mass is 9.90. The van der Waals surface area contributed by atoms with Crippen molar-refractivity contribution in [3.05, 3.63) is 0 Å². The van der Waals surface area contributed by atoms with Gasteiger partial charge in [-0.2, -0.15) is 5.26 Å². The maximum absolute atomic E-state index is 10.8. The van der Waals surface area contributed by atoms with Gasteiger partial charge in [0.05, 0.1) is 12.0 Å². The first-order valence-electron chi connectivity index (χ1n) is 4.95. The minimum Gasteiger partial charge on any atom is -0.481 e. The molecule has 78 valence electrons. The van der Waals surface area contributed by atoms with Crippen molar-refractivity contribution in [3.8, 4) is 6.07 Å². The maximum Gasteiger partial charge on any atom is 0.307 e. The summed E-state index contributed by atoms with van der Waals surface area (Å²) < 4.78 is 0. The number of hydrogen-bond acceptors (Lipinski definition) is 3. The monoisotopic (exact) mass is 196 g/mol. The Morgan fingerprint density at radius 3 is 2.93 bits per heavy atom. The molecule has 4 nitrogen and oxygen atoms in total. The van der Waals surface area contributed by atoms with Crippen LogP contribution in [0.25, 0.3) is 0 Å². The van der Waals surface area contributed by atoms with E-state index in [0.29, 0.717) is 25.4 Å². The number of piperidine rings is 1. The van der Waals surface area contributed by atoms with Gasteiger partial charge >= 0.3 is 5.97 Å². The van der Waals surface area contributed by atoms with Crippen molar-refractivity contribution in [2.75, 3.05) is 19.6 Å². The summed E-state index contributed by atoms with van der Waals surface area (Å²) in [5.41, 5.74) is 0. The first kappa shape index (κ1) is 11.0. The molecule has 2 atom stereocenters. The fourth-order valence-electron chi connectivity index (χ4n) is 2.03. The van der Waals surface area contributed by atoms with E-state index in [9.17, 15) is 4.79 Å². The van der Waals surface area contributed by atoms with E-state index in [-0.39, 0.29) is 5.92 Å². The second-order valence-corrected chi connectivity index (χ2v) is 4.04. The van der Waals surface area contributed by atoms with Crippen molar-refractivity contribution in [2.24, 2.45) is 11.8 Å². The van der Waals surface area contributed by atoms with Crippen LogP contribution in [0, 0.1) is 23.2 Å². The van der Waals surface area contributed by atoms with Gasteiger partial charge in [0, 0.05) is 26.1 Å². The number of likely N-dealkylation sites (tertiary alicyclic amines) is 1. The van der Waals surface area contributed by atoms with Gasteiger partial charge < -0.3 is 10.0 Å². The topological polar surface area (TPSA) is 64.3 Å². The molecule has 4 heteroatoms. The van der Waals surface area contributed by atoms with E-state index in [2.05, 4.69) is 17.9 Å². The van der Waals surface area contributed by atoms with E-state index in [1.54, 1.807) is 0 Å². The summed E-state index contributed by atoms with van der Waals surface area (Å²) >= 11 is 0. The van der Waals surface area contributed by atoms with E-state index >= 15 is 0 Å². The van der Waals surface area contributed by atoms with E-state index in [1.165, 1.54) is 0 Å². The Labute approximate surface area is 84.1 Å². The molecular formula is C10H16N2O2. The van der Waals surface area contributed by atoms with Crippen LogP contribution in [-0.4, -0.2) is 35.6 Å². The molecule has 1 aliphatic heterocycles. The van der Waals surface area contributed by atoms with Gasteiger partial charge in [-0.1, -0.05) is 6.92 Å². The molecule has 1 heterocycles. The third-order valence-electron chi connectivity index (χ3n) is 2.62. The summed E-state index contributed by atoms with van der Waals surface area (Å²) in [6, 6.07) is 2.08. The van der Waals surface area contributed by atoms with Crippen LogP contribution in [0.3, 0.4) is 0 Å². The van der Waals surface area contributed by atoms with Crippen LogP contribution in [0.15, 0.2) is 0 Å². The van der Waals surface area contributed by atoms with Gasteiger partial charge in [-0.15, -0.1) is 0 Å². The lowest BCUT2D eigenvalue weighted by Crippen LogP contribution is -2.42. The van der Waals surface area contributed by atoms with E-state index in [0.717, 1.165) is 13.0 Å². The lowest BCUT2D eigenvalue weighted by molar-refractivity contribution is -0.144. The Bertz CT molecular complexity index is 247. The number of carbonyl (C=O) groups is 1. The molecular weight excluding hydrogens is 180 g/mol. The van der Waals surface area contributed by atoms with Gasteiger partial charge in [-0.3, -0.25) is 4.79 Å². The Morgan fingerprint density at radius 2 is 2.36 bits per heavy atom. The zero-order chi connectivity index (χ0) is 10.6. The van der Waals surface area contributed by atoms with Gasteiger partial charge in [0.25, 0.3) is 0 Å². The summed E-state index contributed by atoms with van der Waals surface area (Å²) in [5.74, 6) is -0.542. The number of hydrogen-bond donors (Lipinski definition) is 1. The predicted octanol–water partition coefficient (Wildman–Crippen LogP) is 0.943. The Kier molecular flexibility index (Phi) is 3.90. The molecule has 1 fully saturated rings. The largest absolute Gasteiger partial charge is 0.481 e. The van der Waals surface area contributed by atoms with Crippen LogP contribution in [0.1, 0.15) is 19.8 Å². The van der Waals surface area contributed by atoms with Crippen molar-refractivity contribution in [1.29, 1.82) is 5.26 Å². The number of aliphatic carboxylic acids is 1. The van der Waals surface area contributed by atoms with Crippen LogP contribution >= 0.6 is 0 Å². The van der Waals surface area contributed by atoms with Crippen LogP contribution < -0.4 is 0 Å². The molecule has 0 bridgehead atoms. The van der Waals surface area contributed by atoms with Crippen molar-refractivity contribution >= 4 is 5.97 Å². The smallest absolute Gasteiger partial charge is 0.307 e. The molecule has 1 saturated heterocycles. The van der Waals surface area contributed by atoms with Gasteiger partial charge in [-0.05, 0) is 12.3 Å². The molecule has 0 saturated carbocycles. The van der Waals surface area contributed by atoms with E-state index in [1.807, 2.05) is 0 Å². The van der Waals surface area contributed by atoms with E-state index in [4.69, 9.17) is 10.4 Å². The lowest BCUT2D eigenvalue weighted by Gasteiger charge is -2.34. The predicted molar refractivity (Wildman–Crippen MR) is 51.6 cm³/mol. The minimum absolute atomic E-state index is 0.252. The standard InChI is InChI=1S/C10H16N2O2/c1-8-5-9(10(13)14)7-12(6-8)4-2-3-11/h8-9H,2,4-7H2,1H3,(H,13,14). The molecule has 0 amide bonds. The third-order valence-corrected chi connectivity index (χ3v) is 2.62. The number of nitrogens with zero attached hydrogens (tertiary/aromatic N) is 2. The average Bonchev–Trinajstić information content (AvgIpc) is 2.14. The molecule has 1 rings (SSSR count). The molecule has 2 unspecified atom stereocenters. The van der Waals surface area contributed by atoms with Crippen molar-refractivity contribution in [2.45, 2.75) is 19.8 Å². The number of nitriles is 1. The summed E-state index contributed by atoms with van der Waals surface area (Å²) in [4.78, 5) is 12.9. The highest BCUT2D eigenvalue weighted by Crippen LogP contribution is 2.21. The molecule has 1 N–H and O–H groups in total. The molecule has 0 spiro atoms. The normalized spacial score (nSPS) is 28.3. The van der Waals surface area contributed by atoms with Crippen molar-refractivity contribution in [1.82, 2.24) is 4.90 Å². The minimum atomic E-state index is -0.710. The molecule has 0 aromatic heterocycles. The van der Waals surface area contributed by atoms with Crippen LogP contribution in [0.4, 0.5) is 0 Å². The second kappa shape index (κ2) is 4.97. The van der Waals surface area contributed by atoms with Crippen LogP contribution in [-0.2, 0) is 4.79 Å².